The van der Waals surface area contributed by atoms with E-state index in [1.54, 1.807) is 6.07 Å². The van der Waals surface area contributed by atoms with E-state index in [9.17, 15) is 13.2 Å². The van der Waals surface area contributed by atoms with Gasteiger partial charge in [-0.15, -0.1) is 0 Å². The highest BCUT2D eigenvalue weighted by Crippen LogP contribution is 2.26. The molecular formula is C15H12Cl4N2O3S. The standard InChI is InChI=1S/C15H12Cl4N2O3S/c1-8(15(22)20-13-5-3-9(16)6-12(13)19)21-25(23,24)14-7-10(17)2-4-11(14)18/h2-8,21H,1H3,(H,20,22)/t8-/m0/s1. The van der Waals surface area contributed by atoms with Crippen LogP contribution in [0.15, 0.2) is 41.3 Å². The van der Waals surface area contributed by atoms with Gasteiger partial charge in [0.1, 0.15) is 4.90 Å². The molecule has 0 saturated carbocycles. The fourth-order valence-corrected chi connectivity index (χ4v) is 4.29. The highest BCUT2D eigenvalue weighted by atomic mass is 35.5. The predicted octanol–water partition coefficient (Wildman–Crippen LogP) is 4.61. The van der Waals surface area contributed by atoms with Crippen molar-refractivity contribution in [3.05, 3.63) is 56.5 Å². The summed E-state index contributed by atoms with van der Waals surface area (Å²) in [6.45, 7) is 1.38. The van der Waals surface area contributed by atoms with Crippen molar-refractivity contribution in [3.8, 4) is 0 Å². The summed E-state index contributed by atoms with van der Waals surface area (Å²) in [5.74, 6) is -0.606. The van der Waals surface area contributed by atoms with Crippen molar-refractivity contribution in [1.29, 1.82) is 0 Å². The van der Waals surface area contributed by atoms with Gasteiger partial charge in [-0.3, -0.25) is 4.79 Å². The lowest BCUT2D eigenvalue weighted by atomic mass is 10.3. The molecule has 0 aliphatic heterocycles. The fourth-order valence-electron chi connectivity index (χ4n) is 1.86. The largest absolute Gasteiger partial charge is 0.323 e. The number of carbonyl (C=O) groups excluding carboxylic acids is 1. The summed E-state index contributed by atoms with van der Waals surface area (Å²) in [6, 6.07) is 7.44. The van der Waals surface area contributed by atoms with Crippen molar-refractivity contribution < 1.29 is 13.2 Å². The van der Waals surface area contributed by atoms with Crippen LogP contribution in [0.25, 0.3) is 0 Å². The molecule has 0 saturated heterocycles. The van der Waals surface area contributed by atoms with Gasteiger partial charge in [0, 0.05) is 10.0 Å². The van der Waals surface area contributed by atoms with Crippen molar-refractivity contribution in [2.24, 2.45) is 0 Å². The Morgan fingerprint density at radius 2 is 1.56 bits per heavy atom. The van der Waals surface area contributed by atoms with Gasteiger partial charge >= 0.3 is 0 Å². The van der Waals surface area contributed by atoms with Crippen LogP contribution >= 0.6 is 46.4 Å². The number of hydrogen-bond donors (Lipinski definition) is 2. The Hall–Kier alpha value is -1.02. The van der Waals surface area contributed by atoms with Crippen molar-refractivity contribution in [2.75, 3.05) is 5.32 Å². The van der Waals surface area contributed by atoms with Crippen LogP contribution in [0.3, 0.4) is 0 Å². The molecule has 0 aromatic heterocycles. The maximum absolute atomic E-state index is 12.4. The minimum atomic E-state index is -4.05. The molecule has 0 radical (unpaired) electrons. The number of rotatable bonds is 5. The van der Waals surface area contributed by atoms with E-state index < -0.39 is 22.0 Å². The molecule has 0 spiro atoms. The van der Waals surface area contributed by atoms with E-state index in [2.05, 4.69) is 10.0 Å². The average Bonchev–Trinajstić information content (AvgIpc) is 2.51. The second kappa shape index (κ2) is 8.12. The highest BCUT2D eigenvalue weighted by Gasteiger charge is 2.24. The number of anilines is 1. The molecule has 5 nitrogen and oxygen atoms in total. The maximum atomic E-state index is 12.4. The lowest BCUT2D eigenvalue weighted by Crippen LogP contribution is -2.41. The Labute approximate surface area is 165 Å². The zero-order valence-electron chi connectivity index (χ0n) is 12.7. The van der Waals surface area contributed by atoms with Crippen molar-refractivity contribution in [1.82, 2.24) is 4.72 Å². The molecule has 1 amide bonds. The Balaban J connectivity index is 2.16. The zero-order valence-corrected chi connectivity index (χ0v) is 16.5. The fraction of sp³-hybridized carbons (Fsp3) is 0.133. The van der Waals surface area contributed by atoms with Crippen molar-refractivity contribution in [2.45, 2.75) is 17.9 Å². The van der Waals surface area contributed by atoms with Gasteiger partial charge in [-0.1, -0.05) is 46.4 Å². The molecule has 0 aliphatic rings. The van der Waals surface area contributed by atoms with Crippen LogP contribution < -0.4 is 10.0 Å². The molecule has 0 unspecified atom stereocenters. The summed E-state index contributed by atoms with van der Waals surface area (Å²) in [6.07, 6.45) is 0. The predicted molar refractivity (Wildman–Crippen MR) is 101 cm³/mol. The third-order valence-electron chi connectivity index (χ3n) is 3.10. The molecule has 25 heavy (non-hydrogen) atoms. The summed E-state index contributed by atoms with van der Waals surface area (Å²) in [5, 5.41) is 3.36. The monoisotopic (exact) mass is 440 g/mol. The highest BCUT2D eigenvalue weighted by molar-refractivity contribution is 7.89. The van der Waals surface area contributed by atoms with Crippen LogP contribution in [0.2, 0.25) is 20.1 Å². The quantitative estimate of drug-likeness (QED) is 0.711. The van der Waals surface area contributed by atoms with Gasteiger partial charge in [-0.05, 0) is 43.3 Å². The summed E-state index contributed by atoms with van der Waals surface area (Å²) in [7, 11) is -4.05. The number of benzene rings is 2. The summed E-state index contributed by atoms with van der Waals surface area (Å²) >= 11 is 23.5. The minimum Gasteiger partial charge on any atom is -0.323 e. The maximum Gasteiger partial charge on any atom is 0.242 e. The smallest absolute Gasteiger partial charge is 0.242 e. The van der Waals surface area contributed by atoms with Gasteiger partial charge in [0.15, 0.2) is 0 Å². The van der Waals surface area contributed by atoms with E-state index in [0.717, 1.165) is 0 Å². The van der Waals surface area contributed by atoms with E-state index in [1.807, 2.05) is 0 Å². The van der Waals surface area contributed by atoms with E-state index in [4.69, 9.17) is 46.4 Å². The number of nitrogens with one attached hydrogen (secondary N) is 2. The van der Waals surface area contributed by atoms with Gasteiger partial charge < -0.3 is 5.32 Å². The van der Waals surface area contributed by atoms with Crippen LogP contribution in [0, 0.1) is 0 Å². The summed E-state index contributed by atoms with van der Waals surface area (Å²) < 4.78 is 27.1. The number of sulfonamides is 1. The Morgan fingerprint density at radius 1 is 0.960 bits per heavy atom. The van der Waals surface area contributed by atoms with Gasteiger partial charge in [-0.2, -0.15) is 4.72 Å². The Bertz CT molecular complexity index is 919. The third kappa shape index (κ3) is 5.23. The lowest BCUT2D eigenvalue weighted by molar-refractivity contribution is -0.117. The number of hydrogen-bond acceptors (Lipinski definition) is 3. The summed E-state index contributed by atoms with van der Waals surface area (Å²) in [4.78, 5) is 12.0. The normalized spacial score (nSPS) is 12.7. The number of halogens is 4. The molecule has 0 fully saturated rings. The average molecular weight is 442 g/mol. The first-order valence-corrected chi connectivity index (χ1v) is 9.83. The number of carbonyl (C=O) groups is 1. The first-order chi connectivity index (χ1) is 11.6. The molecule has 2 aromatic rings. The SMILES string of the molecule is C[C@H](NS(=O)(=O)c1cc(Cl)ccc1Cl)C(=O)Nc1ccc(Cl)cc1Cl. The molecule has 134 valence electrons. The van der Waals surface area contributed by atoms with Gasteiger partial charge in [0.05, 0.1) is 21.8 Å². The van der Waals surface area contributed by atoms with E-state index in [1.165, 1.54) is 37.3 Å². The van der Waals surface area contributed by atoms with Crippen molar-refractivity contribution in [3.63, 3.8) is 0 Å². The first-order valence-electron chi connectivity index (χ1n) is 6.83. The van der Waals surface area contributed by atoms with Gasteiger partial charge in [0.2, 0.25) is 15.9 Å². The second-order valence-corrected chi connectivity index (χ2v) is 8.40. The zero-order chi connectivity index (χ0) is 18.8. The lowest BCUT2D eigenvalue weighted by Gasteiger charge is -2.16. The Morgan fingerprint density at radius 3 is 2.20 bits per heavy atom. The molecule has 2 aromatic carbocycles. The summed E-state index contributed by atoms with van der Waals surface area (Å²) in [5.41, 5.74) is 0.308. The van der Waals surface area contributed by atoms with E-state index in [0.29, 0.717) is 10.7 Å². The Kier molecular flexibility index (Phi) is 6.59. The van der Waals surface area contributed by atoms with Crippen LogP contribution in [0.5, 0.6) is 0 Å². The molecule has 2 rings (SSSR count). The van der Waals surface area contributed by atoms with Gasteiger partial charge in [-0.25, -0.2) is 8.42 Å². The molecule has 1 atom stereocenters. The third-order valence-corrected chi connectivity index (χ3v) is 5.90. The van der Waals surface area contributed by atoms with Crippen LogP contribution in [0.4, 0.5) is 5.69 Å². The van der Waals surface area contributed by atoms with Crippen molar-refractivity contribution >= 4 is 68.0 Å². The second-order valence-electron chi connectivity index (χ2n) is 5.03. The minimum absolute atomic E-state index is 0.00902. The molecule has 2 N–H and O–H groups in total. The first kappa shape index (κ1) is 20.3. The van der Waals surface area contributed by atoms with Crippen LogP contribution in [-0.2, 0) is 14.8 Å². The van der Waals surface area contributed by atoms with Crippen LogP contribution in [0.1, 0.15) is 6.92 Å². The van der Waals surface area contributed by atoms with E-state index in [-0.39, 0.29) is 20.0 Å². The molecule has 0 heterocycles. The van der Waals surface area contributed by atoms with Gasteiger partial charge in [0.25, 0.3) is 0 Å². The molecule has 10 heteroatoms. The number of amides is 1. The topological polar surface area (TPSA) is 75.3 Å². The molecular weight excluding hydrogens is 430 g/mol. The molecule has 0 bridgehead atoms. The molecule has 0 aliphatic carbocycles. The van der Waals surface area contributed by atoms with E-state index >= 15 is 0 Å². The van der Waals surface area contributed by atoms with Crippen LogP contribution in [-0.4, -0.2) is 20.4 Å².